The van der Waals surface area contributed by atoms with Crippen molar-refractivity contribution in [3.05, 3.63) is 59.9 Å². The van der Waals surface area contributed by atoms with Gasteiger partial charge < -0.3 is 0 Å². The molecule has 0 spiro atoms. The fraction of sp³-hybridized carbons (Fsp3) is 0.353. The molecule has 1 N–H and O–H groups in total. The zero-order valence-corrected chi connectivity index (χ0v) is 13.4. The van der Waals surface area contributed by atoms with Gasteiger partial charge in [0.2, 0.25) is 10.0 Å². The molecule has 2 aromatic rings. The highest BCUT2D eigenvalue weighted by Gasteiger charge is 2.46. The summed E-state index contributed by atoms with van der Waals surface area (Å²) in [5, 5.41) is 0. The number of aromatic nitrogens is 1. The number of benzene rings is 1. The first-order valence-electron chi connectivity index (χ1n) is 7.56. The molecule has 1 aliphatic carbocycles. The fourth-order valence-electron chi connectivity index (χ4n) is 2.72. The van der Waals surface area contributed by atoms with Crippen molar-refractivity contribution in [3.63, 3.8) is 0 Å². The highest BCUT2D eigenvalue weighted by atomic mass is 32.2. The van der Waals surface area contributed by atoms with Crippen molar-refractivity contribution >= 4 is 10.0 Å². The van der Waals surface area contributed by atoms with Crippen molar-refractivity contribution in [1.29, 1.82) is 0 Å². The molecule has 0 unspecified atom stereocenters. The van der Waals surface area contributed by atoms with Crippen LogP contribution in [0.3, 0.4) is 0 Å². The van der Waals surface area contributed by atoms with E-state index in [4.69, 9.17) is 0 Å². The van der Waals surface area contributed by atoms with Gasteiger partial charge in [-0.1, -0.05) is 31.2 Å². The van der Waals surface area contributed by atoms with Crippen molar-refractivity contribution in [2.75, 3.05) is 6.54 Å². The molecule has 1 aliphatic rings. The summed E-state index contributed by atoms with van der Waals surface area (Å²) in [6, 6.07) is 13.0. The molecule has 1 saturated carbocycles. The van der Waals surface area contributed by atoms with Crippen LogP contribution >= 0.6 is 0 Å². The fourth-order valence-corrected chi connectivity index (χ4v) is 4.16. The first kappa shape index (κ1) is 15.2. The summed E-state index contributed by atoms with van der Waals surface area (Å²) in [6.45, 7) is 2.37. The third-order valence-corrected chi connectivity index (χ3v) is 5.81. The van der Waals surface area contributed by atoms with Gasteiger partial charge in [0, 0.05) is 23.9 Å². The van der Waals surface area contributed by atoms with E-state index in [0.717, 1.165) is 24.1 Å². The third kappa shape index (κ3) is 2.91. The molecule has 1 fully saturated rings. The molecule has 4 nitrogen and oxygen atoms in total. The smallest absolute Gasteiger partial charge is 0.240 e. The average molecular weight is 316 g/mol. The molecule has 3 rings (SSSR count). The van der Waals surface area contributed by atoms with Gasteiger partial charge >= 0.3 is 0 Å². The van der Waals surface area contributed by atoms with E-state index in [2.05, 4.69) is 9.71 Å². The number of nitrogens with one attached hydrogen (secondary N) is 1. The molecule has 5 heteroatoms. The molecule has 0 aliphatic heterocycles. The topological polar surface area (TPSA) is 59.1 Å². The summed E-state index contributed by atoms with van der Waals surface area (Å²) >= 11 is 0. The van der Waals surface area contributed by atoms with Crippen LogP contribution < -0.4 is 4.72 Å². The summed E-state index contributed by atoms with van der Waals surface area (Å²) in [6.07, 6.45) is 4.41. The van der Waals surface area contributed by atoms with Crippen LogP contribution in [0.25, 0.3) is 0 Å². The molecule has 0 radical (unpaired) electrons. The van der Waals surface area contributed by atoms with E-state index < -0.39 is 10.0 Å². The first-order chi connectivity index (χ1) is 10.6. The number of rotatable bonds is 6. The lowest BCUT2D eigenvalue weighted by molar-refractivity contribution is 0.563. The second kappa shape index (κ2) is 5.82. The second-order valence-corrected chi connectivity index (χ2v) is 7.52. The van der Waals surface area contributed by atoms with Crippen molar-refractivity contribution in [1.82, 2.24) is 9.71 Å². The Kier molecular flexibility index (Phi) is 4.02. The highest BCUT2D eigenvalue weighted by Crippen LogP contribution is 2.46. The van der Waals surface area contributed by atoms with Crippen molar-refractivity contribution in [3.8, 4) is 0 Å². The molecule has 22 heavy (non-hydrogen) atoms. The van der Waals surface area contributed by atoms with Gasteiger partial charge in [0.25, 0.3) is 0 Å². The van der Waals surface area contributed by atoms with Crippen molar-refractivity contribution in [2.24, 2.45) is 0 Å². The maximum absolute atomic E-state index is 12.6. The first-order valence-corrected chi connectivity index (χ1v) is 9.05. The maximum Gasteiger partial charge on any atom is 0.240 e. The standard InChI is InChI=1S/C17H20N2O2S/c1-2-14-7-3-4-8-15(14)22(20,21)19-13-17(10-11-17)16-9-5-6-12-18-16/h3-9,12,19H,2,10-11,13H2,1H3. The minimum absolute atomic E-state index is 0.129. The van der Waals surface area contributed by atoms with E-state index in [0.29, 0.717) is 17.9 Å². The Labute approximate surface area is 131 Å². The van der Waals surface area contributed by atoms with E-state index >= 15 is 0 Å². The largest absolute Gasteiger partial charge is 0.261 e. The third-order valence-electron chi connectivity index (χ3n) is 4.31. The lowest BCUT2D eigenvalue weighted by atomic mass is 10.0. The predicted molar refractivity (Wildman–Crippen MR) is 86.2 cm³/mol. The van der Waals surface area contributed by atoms with Crippen molar-refractivity contribution < 1.29 is 8.42 Å². The predicted octanol–water partition coefficient (Wildman–Crippen LogP) is 2.65. The summed E-state index contributed by atoms with van der Waals surface area (Å²) in [4.78, 5) is 4.77. The second-order valence-electron chi connectivity index (χ2n) is 5.78. The lowest BCUT2D eigenvalue weighted by Crippen LogP contribution is -2.33. The normalized spacial score (nSPS) is 16.4. The van der Waals surface area contributed by atoms with Gasteiger partial charge in [0.15, 0.2) is 0 Å². The molecular weight excluding hydrogens is 296 g/mol. The van der Waals surface area contributed by atoms with E-state index in [1.807, 2.05) is 37.3 Å². The summed E-state index contributed by atoms with van der Waals surface area (Å²) in [5.41, 5.74) is 1.69. The molecule has 0 bridgehead atoms. The van der Waals surface area contributed by atoms with Gasteiger partial charge in [-0.25, -0.2) is 13.1 Å². The monoisotopic (exact) mass is 316 g/mol. The average Bonchev–Trinajstić information content (AvgIpc) is 3.35. The Bertz CT molecular complexity index is 753. The number of sulfonamides is 1. The molecule has 0 saturated heterocycles. The van der Waals surface area contributed by atoms with Crippen LogP contribution in [0.1, 0.15) is 31.0 Å². The highest BCUT2D eigenvalue weighted by molar-refractivity contribution is 7.89. The zero-order valence-electron chi connectivity index (χ0n) is 12.6. The number of hydrogen-bond donors (Lipinski definition) is 1. The quantitative estimate of drug-likeness (QED) is 0.891. The van der Waals surface area contributed by atoms with Crippen LogP contribution in [-0.4, -0.2) is 19.9 Å². The Morgan fingerprint density at radius 1 is 1.14 bits per heavy atom. The molecule has 1 aromatic carbocycles. The molecule has 1 aromatic heterocycles. The SMILES string of the molecule is CCc1ccccc1S(=O)(=O)NCC1(c2ccccn2)CC1. The Balaban J connectivity index is 1.79. The van der Waals surface area contributed by atoms with E-state index in [9.17, 15) is 8.42 Å². The van der Waals surface area contributed by atoms with Crippen molar-refractivity contribution in [2.45, 2.75) is 36.5 Å². The van der Waals surface area contributed by atoms with Crippen LogP contribution in [0.2, 0.25) is 0 Å². The Morgan fingerprint density at radius 2 is 1.86 bits per heavy atom. The number of aryl methyl sites for hydroxylation is 1. The molecule has 0 atom stereocenters. The van der Waals surface area contributed by atoms with E-state index in [-0.39, 0.29) is 5.41 Å². The zero-order chi connectivity index (χ0) is 15.6. The lowest BCUT2D eigenvalue weighted by Gasteiger charge is -2.16. The van der Waals surface area contributed by atoms with Gasteiger partial charge in [0.05, 0.1) is 4.90 Å². The van der Waals surface area contributed by atoms with Gasteiger partial charge in [-0.05, 0) is 43.0 Å². The van der Waals surface area contributed by atoms with Crippen LogP contribution in [0.15, 0.2) is 53.6 Å². The molecule has 0 amide bonds. The van der Waals surface area contributed by atoms with Gasteiger partial charge in [0.1, 0.15) is 0 Å². The minimum Gasteiger partial charge on any atom is -0.261 e. The van der Waals surface area contributed by atoms with Gasteiger partial charge in [-0.2, -0.15) is 0 Å². The van der Waals surface area contributed by atoms with Crippen LogP contribution in [-0.2, 0) is 21.9 Å². The van der Waals surface area contributed by atoms with E-state index in [1.165, 1.54) is 0 Å². The number of nitrogens with zero attached hydrogens (tertiary/aromatic N) is 1. The number of pyridine rings is 1. The Morgan fingerprint density at radius 3 is 2.50 bits per heavy atom. The van der Waals surface area contributed by atoms with Crippen LogP contribution in [0.5, 0.6) is 0 Å². The van der Waals surface area contributed by atoms with Crippen LogP contribution in [0.4, 0.5) is 0 Å². The minimum atomic E-state index is -3.48. The Hall–Kier alpha value is -1.72. The number of hydrogen-bond acceptors (Lipinski definition) is 3. The molecule has 1 heterocycles. The summed E-state index contributed by atoms with van der Waals surface area (Å²) in [5.74, 6) is 0. The molecule has 116 valence electrons. The van der Waals surface area contributed by atoms with Crippen LogP contribution in [0, 0.1) is 0 Å². The van der Waals surface area contributed by atoms with Gasteiger partial charge in [-0.15, -0.1) is 0 Å². The van der Waals surface area contributed by atoms with E-state index in [1.54, 1.807) is 18.3 Å². The van der Waals surface area contributed by atoms with Gasteiger partial charge in [-0.3, -0.25) is 4.98 Å². The maximum atomic E-state index is 12.6. The molecular formula is C17H20N2O2S. The summed E-state index contributed by atoms with van der Waals surface area (Å²) < 4.78 is 28.0. The summed E-state index contributed by atoms with van der Waals surface area (Å²) in [7, 11) is -3.48.